The molecule has 2 atom stereocenters. The van der Waals surface area contributed by atoms with Crippen LogP contribution < -0.4 is 5.32 Å². The van der Waals surface area contributed by atoms with Crippen LogP contribution >= 0.6 is 0 Å². The molecule has 2 unspecified atom stereocenters. The number of carbonyl (C=O) groups is 1. The van der Waals surface area contributed by atoms with Crippen LogP contribution in [0.4, 0.5) is 0 Å². The van der Waals surface area contributed by atoms with Crippen molar-refractivity contribution in [3.63, 3.8) is 0 Å². The first-order chi connectivity index (χ1) is 12.7. The fourth-order valence-electron chi connectivity index (χ4n) is 3.04. The van der Waals surface area contributed by atoms with Gasteiger partial charge < -0.3 is 19.4 Å². The van der Waals surface area contributed by atoms with Crippen molar-refractivity contribution >= 4 is 5.91 Å². The molecule has 1 fully saturated rings. The molecule has 0 bridgehead atoms. The summed E-state index contributed by atoms with van der Waals surface area (Å²) in [6.45, 7) is 4.38. The Bertz CT molecular complexity index is 681. The number of aromatic nitrogens is 2. The predicted octanol–water partition coefficient (Wildman–Crippen LogP) is 2.17. The first kappa shape index (κ1) is 18.6. The van der Waals surface area contributed by atoms with E-state index in [2.05, 4.69) is 27.0 Å². The van der Waals surface area contributed by atoms with Crippen molar-refractivity contribution in [2.75, 3.05) is 19.8 Å². The van der Waals surface area contributed by atoms with E-state index < -0.39 is 6.10 Å². The molecule has 3 rings (SSSR count). The largest absolute Gasteiger partial charge is 0.376 e. The molecular weight excluding hydrogens is 330 g/mol. The number of imidazole rings is 1. The summed E-state index contributed by atoms with van der Waals surface area (Å²) >= 11 is 0. The minimum absolute atomic E-state index is 0.0934. The van der Waals surface area contributed by atoms with Crippen molar-refractivity contribution in [1.82, 2.24) is 14.9 Å². The number of hydrogen-bond donors (Lipinski definition) is 1. The van der Waals surface area contributed by atoms with Crippen LogP contribution in [0.1, 0.15) is 31.2 Å². The summed E-state index contributed by atoms with van der Waals surface area (Å²) in [5.74, 6) is 0.867. The van der Waals surface area contributed by atoms with E-state index in [4.69, 9.17) is 9.47 Å². The van der Waals surface area contributed by atoms with Crippen LogP contribution in [0.5, 0.6) is 0 Å². The van der Waals surface area contributed by atoms with Gasteiger partial charge in [-0.15, -0.1) is 0 Å². The minimum atomic E-state index is -0.469. The second-order valence-electron chi connectivity index (χ2n) is 6.61. The van der Waals surface area contributed by atoms with Crippen molar-refractivity contribution in [1.29, 1.82) is 0 Å². The molecule has 6 nitrogen and oxygen atoms in total. The lowest BCUT2D eigenvalue weighted by molar-refractivity contribution is -0.133. The van der Waals surface area contributed by atoms with Crippen LogP contribution in [-0.4, -0.2) is 47.4 Å². The Hall–Kier alpha value is -2.18. The van der Waals surface area contributed by atoms with E-state index in [0.29, 0.717) is 19.6 Å². The highest BCUT2D eigenvalue weighted by Crippen LogP contribution is 2.12. The molecule has 1 aromatic heterocycles. The summed E-state index contributed by atoms with van der Waals surface area (Å²) in [7, 11) is 0. The zero-order valence-electron chi connectivity index (χ0n) is 15.3. The van der Waals surface area contributed by atoms with Crippen LogP contribution in [0.25, 0.3) is 0 Å². The van der Waals surface area contributed by atoms with Crippen molar-refractivity contribution in [3.8, 4) is 0 Å². The number of hydrogen-bond acceptors (Lipinski definition) is 4. The summed E-state index contributed by atoms with van der Waals surface area (Å²) < 4.78 is 13.2. The van der Waals surface area contributed by atoms with Gasteiger partial charge in [0, 0.05) is 38.5 Å². The molecule has 6 heteroatoms. The summed E-state index contributed by atoms with van der Waals surface area (Å²) in [5, 5.41) is 2.93. The number of nitrogens with one attached hydrogen (secondary N) is 1. The maximum Gasteiger partial charge on any atom is 0.248 e. The van der Waals surface area contributed by atoms with Gasteiger partial charge in [-0.3, -0.25) is 4.79 Å². The SMILES string of the molecule is CC(OCC1CCCO1)C(=O)NCCc1nccn1Cc1ccccc1. The van der Waals surface area contributed by atoms with Crippen LogP contribution in [0.3, 0.4) is 0 Å². The van der Waals surface area contributed by atoms with Gasteiger partial charge in [0.15, 0.2) is 0 Å². The van der Waals surface area contributed by atoms with Crippen molar-refractivity contribution < 1.29 is 14.3 Å². The molecule has 0 spiro atoms. The summed E-state index contributed by atoms with van der Waals surface area (Å²) in [4.78, 5) is 16.6. The van der Waals surface area contributed by atoms with Gasteiger partial charge >= 0.3 is 0 Å². The molecule has 1 aliphatic rings. The lowest BCUT2D eigenvalue weighted by Gasteiger charge is -2.16. The number of ether oxygens (including phenoxy) is 2. The number of amides is 1. The zero-order valence-corrected chi connectivity index (χ0v) is 15.3. The van der Waals surface area contributed by atoms with Crippen molar-refractivity contribution in [2.45, 2.75) is 44.9 Å². The zero-order chi connectivity index (χ0) is 18.2. The van der Waals surface area contributed by atoms with E-state index in [1.807, 2.05) is 24.4 Å². The Labute approximate surface area is 154 Å². The number of nitrogens with zero attached hydrogens (tertiary/aromatic N) is 2. The van der Waals surface area contributed by atoms with E-state index >= 15 is 0 Å². The topological polar surface area (TPSA) is 65.4 Å². The van der Waals surface area contributed by atoms with Crippen molar-refractivity contribution in [2.24, 2.45) is 0 Å². The highest BCUT2D eigenvalue weighted by Gasteiger charge is 2.19. The van der Waals surface area contributed by atoms with Crippen LogP contribution in [-0.2, 0) is 27.2 Å². The Morgan fingerprint density at radius 1 is 1.42 bits per heavy atom. The second-order valence-corrected chi connectivity index (χ2v) is 6.61. The second kappa shape index (κ2) is 9.50. The molecule has 1 aliphatic heterocycles. The van der Waals surface area contributed by atoms with Gasteiger partial charge in [0.25, 0.3) is 0 Å². The highest BCUT2D eigenvalue weighted by atomic mass is 16.5. The fourth-order valence-corrected chi connectivity index (χ4v) is 3.04. The van der Waals surface area contributed by atoms with Gasteiger partial charge in [-0.25, -0.2) is 4.98 Å². The normalized spacial score (nSPS) is 18.0. The monoisotopic (exact) mass is 357 g/mol. The molecule has 2 aromatic rings. The maximum absolute atomic E-state index is 12.1. The third kappa shape index (κ3) is 5.41. The summed E-state index contributed by atoms with van der Waals surface area (Å²) in [5.41, 5.74) is 1.23. The first-order valence-corrected chi connectivity index (χ1v) is 9.27. The smallest absolute Gasteiger partial charge is 0.248 e. The van der Waals surface area contributed by atoms with Crippen LogP contribution in [0.2, 0.25) is 0 Å². The highest BCUT2D eigenvalue weighted by molar-refractivity contribution is 5.80. The molecule has 1 amide bonds. The van der Waals surface area contributed by atoms with Gasteiger partial charge in [-0.2, -0.15) is 0 Å². The molecule has 0 aliphatic carbocycles. The van der Waals surface area contributed by atoms with Gasteiger partial charge in [0.05, 0.1) is 12.7 Å². The minimum Gasteiger partial charge on any atom is -0.376 e. The number of benzene rings is 1. The average Bonchev–Trinajstić information content (AvgIpc) is 3.33. The quantitative estimate of drug-likeness (QED) is 0.747. The molecule has 140 valence electrons. The van der Waals surface area contributed by atoms with Gasteiger partial charge in [0.1, 0.15) is 11.9 Å². The molecule has 1 aromatic carbocycles. The van der Waals surface area contributed by atoms with E-state index in [1.165, 1.54) is 5.56 Å². The fraction of sp³-hybridized carbons (Fsp3) is 0.500. The van der Waals surface area contributed by atoms with E-state index in [0.717, 1.165) is 31.8 Å². The molecule has 2 heterocycles. The standard InChI is InChI=1S/C20H27N3O3/c1-16(26-15-18-8-5-13-25-18)20(24)22-10-9-19-21-11-12-23(19)14-17-6-3-2-4-7-17/h2-4,6-7,11-12,16,18H,5,8-10,13-15H2,1H3,(H,22,24). The summed E-state index contributed by atoms with van der Waals surface area (Å²) in [6, 6.07) is 10.3. The van der Waals surface area contributed by atoms with E-state index in [1.54, 1.807) is 13.1 Å². The predicted molar refractivity (Wildman–Crippen MR) is 98.9 cm³/mol. The van der Waals surface area contributed by atoms with Gasteiger partial charge in [0.2, 0.25) is 5.91 Å². The molecule has 0 radical (unpaired) electrons. The van der Waals surface area contributed by atoms with Crippen LogP contribution in [0.15, 0.2) is 42.7 Å². The molecule has 0 saturated carbocycles. The average molecular weight is 357 g/mol. The van der Waals surface area contributed by atoms with Crippen molar-refractivity contribution in [3.05, 3.63) is 54.1 Å². The van der Waals surface area contributed by atoms with Gasteiger partial charge in [-0.1, -0.05) is 30.3 Å². The van der Waals surface area contributed by atoms with Crippen LogP contribution in [0, 0.1) is 0 Å². The molecule has 1 saturated heterocycles. The maximum atomic E-state index is 12.1. The lowest BCUT2D eigenvalue weighted by Crippen LogP contribution is -2.37. The lowest BCUT2D eigenvalue weighted by atomic mass is 10.2. The van der Waals surface area contributed by atoms with Gasteiger partial charge in [-0.05, 0) is 25.3 Å². The van der Waals surface area contributed by atoms with E-state index in [-0.39, 0.29) is 12.0 Å². The third-order valence-corrected chi connectivity index (χ3v) is 4.57. The summed E-state index contributed by atoms with van der Waals surface area (Å²) in [6.07, 6.45) is 6.21. The Morgan fingerprint density at radius 3 is 3.04 bits per heavy atom. The Balaban J connectivity index is 1.40. The first-order valence-electron chi connectivity index (χ1n) is 9.27. The Morgan fingerprint density at radius 2 is 2.27 bits per heavy atom. The molecule has 26 heavy (non-hydrogen) atoms. The molecule has 1 N–H and O–H groups in total. The third-order valence-electron chi connectivity index (χ3n) is 4.57. The number of carbonyl (C=O) groups excluding carboxylic acids is 1. The van der Waals surface area contributed by atoms with E-state index in [9.17, 15) is 4.79 Å². The molecular formula is C20H27N3O3. The number of rotatable bonds is 9. The Kier molecular flexibility index (Phi) is 6.80.